The largest absolute Gasteiger partial charge is 0.361 e. The van der Waals surface area contributed by atoms with Gasteiger partial charge in [0.2, 0.25) is 0 Å². The van der Waals surface area contributed by atoms with Crippen LogP contribution in [-0.4, -0.2) is 39.4 Å². The summed E-state index contributed by atoms with van der Waals surface area (Å²) in [5.41, 5.74) is 1.88. The van der Waals surface area contributed by atoms with Crippen LogP contribution in [-0.2, 0) is 11.5 Å². The molecule has 0 bridgehead atoms. The first-order valence-electron chi connectivity index (χ1n) is 9.59. The molecule has 3 rings (SSSR count). The molecule has 0 aliphatic heterocycles. The van der Waals surface area contributed by atoms with Crippen molar-refractivity contribution in [3.05, 3.63) is 35.0 Å². The highest BCUT2D eigenvalue weighted by atomic mass is 35.5. The van der Waals surface area contributed by atoms with Gasteiger partial charge in [0.1, 0.15) is 23.4 Å². The van der Waals surface area contributed by atoms with Gasteiger partial charge in [-0.05, 0) is 35.9 Å². The average molecular weight is 418 g/mol. The maximum absolute atomic E-state index is 6.17. The smallest absolute Gasteiger partial charge is 0.185 e. The maximum Gasteiger partial charge on any atom is 0.185 e. The van der Waals surface area contributed by atoms with Crippen LogP contribution in [0.3, 0.4) is 0 Å². The Labute approximate surface area is 172 Å². The molecule has 0 saturated heterocycles. The first-order chi connectivity index (χ1) is 13.2. The van der Waals surface area contributed by atoms with E-state index in [-0.39, 0.29) is 0 Å². The van der Waals surface area contributed by atoms with Gasteiger partial charge in [-0.2, -0.15) is 0 Å². The Morgan fingerprint density at radius 1 is 1.11 bits per heavy atom. The van der Waals surface area contributed by atoms with Crippen LogP contribution in [0, 0.1) is 6.92 Å². The third kappa shape index (κ3) is 4.59. The molecule has 0 unspecified atom stereocenters. The summed E-state index contributed by atoms with van der Waals surface area (Å²) in [6, 6.07) is 3.02. The molecule has 0 atom stereocenters. The quantitative estimate of drug-likeness (QED) is 0.297. The van der Waals surface area contributed by atoms with Gasteiger partial charge in [0.05, 0.1) is 0 Å². The molecule has 0 spiro atoms. The minimum absolute atomic E-state index is 0.326. The van der Waals surface area contributed by atoms with Crippen molar-refractivity contribution in [3.63, 3.8) is 0 Å². The summed E-state index contributed by atoms with van der Waals surface area (Å²) in [6.07, 6.45) is 3.67. The van der Waals surface area contributed by atoms with Crippen molar-refractivity contribution < 1.29 is 4.74 Å². The topological polar surface area (TPSA) is 65.7 Å². The number of halogens is 1. The lowest BCUT2D eigenvalue weighted by atomic mass is 9.98. The molecule has 0 aromatic carbocycles. The number of pyridine rings is 2. The highest BCUT2D eigenvalue weighted by Gasteiger charge is 2.19. The number of nitrogens with zero attached hydrogens (tertiary/aromatic N) is 5. The number of hydrogen-bond acceptors (Lipinski definition) is 5. The molecule has 0 saturated carbocycles. The van der Waals surface area contributed by atoms with Crippen LogP contribution in [0.1, 0.15) is 31.2 Å². The van der Waals surface area contributed by atoms with Crippen LogP contribution < -0.4 is 0 Å². The molecule has 3 heterocycles. The Morgan fingerprint density at radius 3 is 2.54 bits per heavy atom. The summed E-state index contributed by atoms with van der Waals surface area (Å²) >= 11 is 6.17. The van der Waals surface area contributed by atoms with E-state index in [1.165, 1.54) is 0 Å². The van der Waals surface area contributed by atoms with E-state index < -0.39 is 8.07 Å². The van der Waals surface area contributed by atoms with Crippen LogP contribution in [0.15, 0.2) is 18.5 Å². The molecule has 0 aliphatic carbocycles. The number of fused-ring (bicyclic) bond motifs is 1. The Hall–Kier alpha value is -1.83. The lowest BCUT2D eigenvalue weighted by Crippen LogP contribution is -2.22. The molecule has 0 N–H and O–H groups in total. The van der Waals surface area contributed by atoms with Gasteiger partial charge in [-0.3, -0.25) is 9.55 Å². The van der Waals surface area contributed by atoms with Gasteiger partial charge in [0, 0.05) is 32.5 Å². The highest BCUT2D eigenvalue weighted by molar-refractivity contribution is 6.76. The Balaban J connectivity index is 1.99. The molecule has 150 valence electrons. The van der Waals surface area contributed by atoms with Crippen LogP contribution in [0.4, 0.5) is 0 Å². The maximum atomic E-state index is 6.17. The predicted molar refractivity (Wildman–Crippen MR) is 116 cm³/mol. The van der Waals surface area contributed by atoms with Gasteiger partial charge >= 0.3 is 0 Å². The first-order valence-corrected chi connectivity index (χ1v) is 13.7. The van der Waals surface area contributed by atoms with E-state index in [4.69, 9.17) is 21.3 Å². The number of aryl methyl sites for hydroxylation is 1. The molecular weight excluding hydrogens is 390 g/mol. The van der Waals surface area contributed by atoms with Crippen molar-refractivity contribution in [2.24, 2.45) is 0 Å². The second-order valence-corrected chi connectivity index (χ2v) is 14.6. The molecular formula is C20H28ClN5OSi. The van der Waals surface area contributed by atoms with Crippen LogP contribution in [0.25, 0.3) is 22.3 Å². The van der Waals surface area contributed by atoms with E-state index in [2.05, 4.69) is 48.7 Å². The SMILES string of the molecule is Cc1nnc(-c2ncc(C(C)C)c3cc(Cl)ncc23)n1COCC[Si](C)(C)C. The van der Waals surface area contributed by atoms with E-state index >= 15 is 0 Å². The highest BCUT2D eigenvalue weighted by Crippen LogP contribution is 2.32. The van der Waals surface area contributed by atoms with Crippen molar-refractivity contribution in [1.29, 1.82) is 0 Å². The zero-order valence-corrected chi connectivity index (χ0v) is 19.2. The van der Waals surface area contributed by atoms with Gasteiger partial charge in [-0.25, -0.2) is 4.98 Å². The van der Waals surface area contributed by atoms with Gasteiger partial charge in [-0.1, -0.05) is 45.1 Å². The lowest BCUT2D eigenvalue weighted by molar-refractivity contribution is 0.0866. The van der Waals surface area contributed by atoms with Gasteiger partial charge < -0.3 is 4.74 Å². The standard InChI is InChI=1S/C20H28ClN5OSi/c1-13(2)16-10-23-19(17-11-22-18(21)9-15(16)17)20-25-24-14(3)26(20)12-27-7-8-28(4,5)6/h9-11,13H,7-8,12H2,1-6H3. The molecule has 0 radical (unpaired) electrons. The van der Waals surface area contributed by atoms with Crippen LogP contribution in [0.2, 0.25) is 30.8 Å². The third-order valence-corrected chi connectivity index (χ3v) is 6.67. The number of rotatable bonds is 7. The average Bonchev–Trinajstić information content (AvgIpc) is 2.97. The van der Waals surface area contributed by atoms with Crippen molar-refractivity contribution >= 4 is 30.4 Å². The summed E-state index contributed by atoms with van der Waals surface area (Å²) < 4.78 is 7.91. The monoisotopic (exact) mass is 417 g/mol. The summed E-state index contributed by atoms with van der Waals surface area (Å²) in [4.78, 5) is 8.99. The molecule has 0 aliphatic rings. The van der Waals surface area contributed by atoms with Gasteiger partial charge in [0.15, 0.2) is 5.82 Å². The Morgan fingerprint density at radius 2 is 1.86 bits per heavy atom. The summed E-state index contributed by atoms with van der Waals surface area (Å²) in [5, 5.41) is 11.1. The van der Waals surface area contributed by atoms with Crippen molar-refractivity contribution in [2.45, 2.75) is 59.1 Å². The summed E-state index contributed by atoms with van der Waals surface area (Å²) in [7, 11) is -1.13. The van der Waals surface area contributed by atoms with Crippen LogP contribution in [0.5, 0.6) is 0 Å². The number of hydrogen-bond donors (Lipinski definition) is 0. The fourth-order valence-corrected chi connectivity index (χ4v) is 3.93. The van der Waals surface area contributed by atoms with Crippen molar-refractivity contribution in [2.75, 3.05) is 6.61 Å². The normalized spacial score (nSPS) is 12.3. The number of ether oxygens (including phenoxy) is 1. The zero-order chi connectivity index (χ0) is 20.5. The van der Waals surface area contributed by atoms with E-state index in [1.54, 1.807) is 6.20 Å². The van der Waals surface area contributed by atoms with Crippen molar-refractivity contribution in [1.82, 2.24) is 24.7 Å². The third-order valence-electron chi connectivity index (χ3n) is 4.76. The second-order valence-electron chi connectivity index (χ2n) is 8.62. The van der Waals surface area contributed by atoms with E-state index in [0.29, 0.717) is 23.6 Å². The van der Waals surface area contributed by atoms with Crippen LogP contribution >= 0.6 is 11.6 Å². The summed E-state index contributed by atoms with van der Waals surface area (Å²) in [6.45, 7) is 14.4. The number of aromatic nitrogens is 5. The van der Waals surface area contributed by atoms with Crippen molar-refractivity contribution in [3.8, 4) is 11.5 Å². The zero-order valence-electron chi connectivity index (χ0n) is 17.5. The minimum atomic E-state index is -1.13. The molecule has 3 aromatic heterocycles. The lowest BCUT2D eigenvalue weighted by Gasteiger charge is -2.17. The molecule has 6 nitrogen and oxygen atoms in total. The van der Waals surface area contributed by atoms with E-state index in [1.807, 2.05) is 23.8 Å². The first kappa shape index (κ1) is 20.9. The van der Waals surface area contributed by atoms with Gasteiger partial charge in [-0.15, -0.1) is 10.2 Å². The molecule has 28 heavy (non-hydrogen) atoms. The second kappa shape index (κ2) is 8.27. The Bertz CT molecular complexity index is 981. The fourth-order valence-electron chi connectivity index (χ4n) is 3.01. The van der Waals surface area contributed by atoms with E-state index in [9.17, 15) is 0 Å². The van der Waals surface area contributed by atoms with Gasteiger partial charge in [0.25, 0.3) is 0 Å². The fraction of sp³-hybridized carbons (Fsp3) is 0.500. The molecule has 8 heteroatoms. The molecule has 0 amide bonds. The Kier molecular flexibility index (Phi) is 6.17. The predicted octanol–water partition coefficient (Wildman–Crippen LogP) is 5.29. The molecule has 3 aromatic rings. The van der Waals surface area contributed by atoms with E-state index in [0.717, 1.165) is 40.5 Å². The summed E-state index contributed by atoms with van der Waals surface area (Å²) in [5.74, 6) is 1.81. The molecule has 0 fully saturated rings. The minimum Gasteiger partial charge on any atom is -0.361 e.